The van der Waals surface area contributed by atoms with E-state index in [1.165, 1.54) is 0 Å². The number of benzene rings is 1. The van der Waals surface area contributed by atoms with Crippen LogP contribution in [0, 0.1) is 6.92 Å². The smallest absolute Gasteiger partial charge is 0.322 e. The molecule has 0 heterocycles. The van der Waals surface area contributed by atoms with Crippen LogP contribution in [0.25, 0.3) is 0 Å². The van der Waals surface area contributed by atoms with Crippen LogP contribution >= 0.6 is 0 Å². The third-order valence-corrected chi connectivity index (χ3v) is 2.06. The highest BCUT2D eigenvalue weighted by Crippen LogP contribution is 2.05. The molecule has 4 heteroatoms. The second-order valence-corrected chi connectivity index (χ2v) is 3.25. The summed E-state index contributed by atoms with van der Waals surface area (Å²) in [4.78, 5) is 10.7. The zero-order chi connectivity index (χ0) is 10.6. The number of carboxylic acids is 1. The fraction of sp³-hybridized carbons (Fsp3) is 0.300. The van der Waals surface area contributed by atoms with E-state index in [9.17, 15) is 4.79 Å². The number of hydrogen-bond donors (Lipinski definition) is 3. The van der Waals surface area contributed by atoms with E-state index in [0.717, 1.165) is 11.1 Å². The number of hydrazine groups is 1. The van der Waals surface area contributed by atoms with Gasteiger partial charge in [0.2, 0.25) is 0 Å². The predicted octanol–water partition coefficient (Wildman–Crippen LogP) is 0.454. The minimum atomic E-state index is -0.937. The molecule has 0 aliphatic rings. The van der Waals surface area contributed by atoms with Crippen LogP contribution in [0.4, 0.5) is 0 Å². The van der Waals surface area contributed by atoms with E-state index in [4.69, 9.17) is 10.9 Å². The van der Waals surface area contributed by atoms with E-state index in [1.54, 1.807) is 0 Å². The first-order valence-electron chi connectivity index (χ1n) is 4.38. The summed E-state index contributed by atoms with van der Waals surface area (Å²) in [6, 6.07) is 6.98. The first-order chi connectivity index (χ1) is 6.63. The van der Waals surface area contributed by atoms with Gasteiger partial charge in [-0.15, -0.1) is 0 Å². The Morgan fingerprint density at radius 2 is 2.07 bits per heavy atom. The van der Waals surface area contributed by atoms with Gasteiger partial charge in [0, 0.05) is 0 Å². The molecule has 4 nitrogen and oxygen atoms in total. The van der Waals surface area contributed by atoms with Crippen molar-refractivity contribution >= 4 is 5.97 Å². The van der Waals surface area contributed by atoms with E-state index >= 15 is 0 Å². The Labute approximate surface area is 82.7 Å². The average molecular weight is 194 g/mol. The average Bonchev–Trinajstić information content (AvgIpc) is 2.16. The molecule has 0 radical (unpaired) electrons. The molecular weight excluding hydrogens is 180 g/mol. The highest BCUT2D eigenvalue weighted by Gasteiger charge is 2.15. The maximum absolute atomic E-state index is 10.7. The quantitative estimate of drug-likeness (QED) is 0.480. The fourth-order valence-electron chi connectivity index (χ4n) is 1.18. The van der Waals surface area contributed by atoms with Crippen molar-refractivity contribution in [2.45, 2.75) is 19.4 Å². The molecule has 0 unspecified atom stereocenters. The van der Waals surface area contributed by atoms with Gasteiger partial charge in [-0.25, -0.2) is 5.43 Å². The predicted molar refractivity (Wildman–Crippen MR) is 53.6 cm³/mol. The van der Waals surface area contributed by atoms with E-state index < -0.39 is 12.0 Å². The molecule has 0 amide bonds. The van der Waals surface area contributed by atoms with Crippen molar-refractivity contribution in [3.05, 3.63) is 35.4 Å². The molecule has 1 rings (SSSR count). The lowest BCUT2D eigenvalue weighted by atomic mass is 10.1. The van der Waals surface area contributed by atoms with Crippen molar-refractivity contribution in [2.24, 2.45) is 5.84 Å². The normalized spacial score (nSPS) is 12.4. The minimum Gasteiger partial charge on any atom is -0.480 e. The van der Waals surface area contributed by atoms with Gasteiger partial charge in [0.1, 0.15) is 6.04 Å². The number of nitrogens with two attached hydrogens (primary N) is 1. The maximum atomic E-state index is 10.7. The monoisotopic (exact) mass is 194 g/mol. The van der Waals surface area contributed by atoms with E-state index in [1.807, 2.05) is 31.2 Å². The molecular formula is C10H14N2O2. The summed E-state index contributed by atoms with van der Waals surface area (Å²) in [5, 5.41) is 8.75. The Hall–Kier alpha value is -1.39. The molecule has 0 spiro atoms. The molecule has 0 fully saturated rings. The molecule has 1 aromatic carbocycles. The number of aryl methyl sites for hydroxylation is 1. The number of aliphatic carboxylic acids is 1. The summed E-state index contributed by atoms with van der Waals surface area (Å²) in [7, 11) is 0. The molecule has 0 saturated carbocycles. The first-order valence-corrected chi connectivity index (χ1v) is 4.38. The third kappa shape index (κ3) is 2.83. The van der Waals surface area contributed by atoms with Crippen molar-refractivity contribution in [2.75, 3.05) is 0 Å². The Balaban J connectivity index is 2.67. The third-order valence-electron chi connectivity index (χ3n) is 2.06. The lowest BCUT2D eigenvalue weighted by molar-refractivity contribution is -0.139. The molecule has 14 heavy (non-hydrogen) atoms. The minimum absolute atomic E-state index is 0.395. The van der Waals surface area contributed by atoms with Crippen LogP contribution in [-0.2, 0) is 11.2 Å². The molecule has 1 atom stereocenters. The van der Waals surface area contributed by atoms with Gasteiger partial charge in [0.05, 0.1) is 0 Å². The molecule has 76 valence electrons. The fourth-order valence-corrected chi connectivity index (χ4v) is 1.18. The first kappa shape index (κ1) is 10.7. The lowest BCUT2D eigenvalue weighted by Crippen LogP contribution is -2.42. The van der Waals surface area contributed by atoms with Gasteiger partial charge in [-0.2, -0.15) is 0 Å². The summed E-state index contributed by atoms with van der Waals surface area (Å²) in [6.45, 7) is 1.99. The molecule has 0 aliphatic heterocycles. The second kappa shape index (κ2) is 4.74. The van der Waals surface area contributed by atoms with Crippen molar-refractivity contribution in [3.8, 4) is 0 Å². The van der Waals surface area contributed by atoms with Crippen LogP contribution in [-0.4, -0.2) is 17.1 Å². The van der Waals surface area contributed by atoms with Crippen LogP contribution in [0.3, 0.4) is 0 Å². The van der Waals surface area contributed by atoms with Gasteiger partial charge in [0.25, 0.3) is 0 Å². The van der Waals surface area contributed by atoms with Crippen LogP contribution < -0.4 is 11.3 Å². The molecule has 0 saturated heterocycles. The van der Waals surface area contributed by atoms with Crippen molar-refractivity contribution in [3.63, 3.8) is 0 Å². The number of carbonyl (C=O) groups is 1. The number of carboxylic acid groups (broad SMARTS) is 1. The molecule has 0 aromatic heterocycles. The summed E-state index contributed by atoms with van der Waals surface area (Å²) in [5.74, 6) is 4.18. The van der Waals surface area contributed by atoms with Gasteiger partial charge < -0.3 is 5.11 Å². The Morgan fingerprint density at radius 1 is 1.50 bits per heavy atom. The van der Waals surface area contributed by atoms with Crippen LogP contribution in [0.15, 0.2) is 24.3 Å². The van der Waals surface area contributed by atoms with Gasteiger partial charge >= 0.3 is 5.97 Å². The van der Waals surface area contributed by atoms with E-state index in [0.29, 0.717) is 6.42 Å². The van der Waals surface area contributed by atoms with Crippen molar-refractivity contribution < 1.29 is 9.90 Å². The Bertz CT molecular complexity index is 308. The van der Waals surface area contributed by atoms with Gasteiger partial charge in [-0.3, -0.25) is 10.6 Å². The molecule has 0 aliphatic carbocycles. The van der Waals surface area contributed by atoms with Crippen LogP contribution in [0.1, 0.15) is 11.1 Å². The van der Waals surface area contributed by atoms with Gasteiger partial charge in [-0.05, 0) is 18.9 Å². The zero-order valence-electron chi connectivity index (χ0n) is 8.03. The summed E-state index contributed by atoms with van der Waals surface area (Å²) >= 11 is 0. The Morgan fingerprint density at radius 3 is 2.50 bits per heavy atom. The number of hydrogen-bond acceptors (Lipinski definition) is 3. The van der Waals surface area contributed by atoms with E-state index in [-0.39, 0.29) is 0 Å². The number of rotatable bonds is 4. The van der Waals surface area contributed by atoms with Gasteiger partial charge in [0.15, 0.2) is 0 Å². The highest BCUT2D eigenvalue weighted by atomic mass is 16.4. The van der Waals surface area contributed by atoms with Crippen molar-refractivity contribution in [1.82, 2.24) is 5.43 Å². The zero-order valence-corrected chi connectivity index (χ0v) is 8.03. The molecule has 1 aromatic rings. The van der Waals surface area contributed by atoms with Gasteiger partial charge in [-0.1, -0.05) is 29.8 Å². The second-order valence-electron chi connectivity index (χ2n) is 3.25. The molecule has 0 bridgehead atoms. The molecule has 4 N–H and O–H groups in total. The standard InChI is InChI=1S/C10H14N2O2/c1-7-2-4-8(5-3-7)6-9(12-11)10(13)14/h2-5,9,12H,6,11H2,1H3,(H,13,14)/t9-/m0/s1. The van der Waals surface area contributed by atoms with Crippen LogP contribution in [0.2, 0.25) is 0 Å². The summed E-state index contributed by atoms with van der Waals surface area (Å²) < 4.78 is 0. The highest BCUT2D eigenvalue weighted by molar-refractivity contribution is 5.73. The lowest BCUT2D eigenvalue weighted by Gasteiger charge is -2.10. The Kier molecular flexibility index (Phi) is 3.62. The SMILES string of the molecule is Cc1ccc(C[C@H](NN)C(=O)O)cc1. The van der Waals surface area contributed by atoms with Crippen LogP contribution in [0.5, 0.6) is 0 Å². The number of nitrogens with one attached hydrogen (secondary N) is 1. The summed E-state index contributed by atoms with van der Waals surface area (Å²) in [5.41, 5.74) is 4.38. The van der Waals surface area contributed by atoms with Crippen molar-refractivity contribution in [1.29, 1.82) is 0 Å². The topological polar surface area (TPSA) is 75.3 Å². The largest absolute Gasteiger partial charge is 0.480 e. The maximum Gasteiger partial charge on any atom is 0.322 e. The summed E-state index contributed by atoms with van der Waals surface area (Å²) in [6.07, 6.45) is 0.395. The van der Waals surface area contributed by atoms with E-state index in [2.05, 4.69) is 5.43 Å².